The van der Waals surface area contributed by atoms with Crippen molar-refractivity contribution in [2.75, 3.05) is 26.7 Å². The van der Waals surface area contributed by atoms with Crippen LogP contribution in [-0.2, 0) is 4.74 Å². The lowest BCUT2D eigenvalue weighted by molar-refractivity contribution is -0.00430. The maximum Gasteiger partial charge on any atom is 0.0634 e. The smallest absolute Gasteiger partial charge is 0.0634 e. The topological polar surface area (TPSA) is 38.5 Å². The van der Waals surface area contributed by atoms with E-state index < -0.39 is 0 Å². The van der Waals surface area contributed by atoms with Crippen LogP contribution in [0.15, 0.2) is 0 Å². The molecule has 1 rings (SSSR count). The first-order valence-corrected chi connectivity index (χ1v) is 7.00. The molecule has 0 amide bonds. The van der Waals surface area contributed by atoms with Gasteiger partial charge < -0.3 is 10.5 Å². The summed E-state index contributed by atoms with van der Waals surface area (Å²) in [6.07, 6.45) is 6.28. The molecular weight excluding hydrogens is 212 g/mol. The zero-order chi connectivity index (χ0) is 12.9. The van der Waals surface area contributed by atoms with Gasteiger partial charge in [-0.2, -0.15) is 0 Å². The summed E-state index contributed by atoms with van der Waals surface area (Å²) in [5, 5.41) is 0. The lowest BCUT2D eigenvalue weighted by Crippen LogP contribution is -2.53. The number of methoxy groups -OCH3 is 1. The summed E-state index contributed by atoms with van der Waals surface area (Å²) in [5.41, 5.74) is 6.29. The molecule has 17 heavy (non-hydrogen) atoms. The van der Waals surface area contributed by atoms with Gasteiger partial charge in [-0.1, -0.05) is 19.8 Å². The molecule has 1 fully saturated rings. The molecule has 0 aromatic carbocycles. The monoisotopic (exact) mass is 242 g/mol. The van der Waals surface area contributed by atoms with Crippen LogP contribution < -0.4 is 5.73 Å². The molecule has 0 spiro atoms. The summed E-state index contributed by atoms with van der Waals surface area (Å²) in [6.45, 7) is 9.55. The molecule has 3 heteroatoms. The number of likely N-dealkylation sites (N-methyl/N-ethyl adjacent to an activating group) is 1. The van der Waals surface area contributed by atoms with E-state index in [0.717, 1.165) is 26.1 Å². The Hall–Kier alpha value is -0.120. The average Bonchev–Trinajstić information content (AvgIpc) is 2.80. The van der Waals surface area contributed by atoms with Gasteiger partial charge in [0.25, 0.3) is 0 Å². The fourth-order valence-electron chi connectivity index (χ4n) is 2.92. The Labute approximate surface area is 107 Å². The van der Waals surface area contributed by atoms with Gasteiger partial charge in [-0.25, -0.2) is 0 Å². The lowest BCUT2D eigenvalue weighted by atomic mass is 9.93. The molecule has 1 aliphatic carbocycles. The van der Waals surface area contributed by atoms with E-state index in [0.29, 0.717) is 0 Å². The van der Waals surface area contributed by atoms with Crippen LogP contribution in [0.3, 0.4) is 0 Å². The highest BCUT2D eigenvalue weighted by Gasteiger charge is 2.37. The zero-order valence-corrected chi connectivity index (χ0v) is 12.1. The Bertz CT molecular complexity index is 222. The minimum Gasteiger partial charge on any atom is -0.379 e. The third-order valence-electron chi connectivity index (χ3n) is 4.50. The van der Waals surface area contributed by atoms with E-state index in [-0.39, 0.29) is 11.1 Å². The molecule has 0 radical (unpaired) electrons. The summed E-state index contributed by atoms with van der Waals surface area (Å²) in [5.74, 6) is 0. The number of hydrogen-bond acceptors (Lipinski definition) is 3. The molecule has 0 bridgehead atoms. The largest absolute Gasteiger partial charge is 0.379 e. The van der Waals surface area contributed by atoms with Crippen LogP contribution in [0, 0.1) is 0 Å². The van der Waals surface area contributed by atoms with Crippen molar-refractivity contribution in [1.82, 2.24) is 4.90 Å². The van der Waals surface area contributed by atoms with Crippen LogP contribution in [0.25, 0.3) is 0 Å². The lowest BCUT2D eigenvalue weighted by Gasteiger charge is -2.41. The van der Waals surface area contributed by atoms with Crippen molar-refractivity contribution in [3.8, 4) is 0 Å². The maximum absolute atomic E-state index is 6.04. The number of nitrogens with zero attached hydrogens (tertiary/aromatic N) is 1. The van der Waals surface area contributed by atoms with E-state index in [1.54, 1.807) is 7.11 Å². The molecule has 0 atom stereocenters. The highest BCUT2D eigenvalue weighted by atomic mass is 16.5. The number of rotatable bonds is 7. The van der Waals surface area contributed by atoms with Gasteiger partial charge >= 0.3 is 0 Å². The number of hydrogen-bond donors (Lipinski definition) is 1. The molecule has 0 aromatic heterocycles. The van der Waals surface area contributed by atoms with Gasteiger partial charge in [-0.15, -0.1) is 0 Å². The molecule has 0 aromatic rings. The van der Waals surface area contributed by atoms with Gasteiger partial charge in [0.2, 0.25) is 0 Å². The van der Waals surface area contributed by atoms with E-state index >= 15 is 0 Å². The SMILES string of the molecule is CCN(CCC(C)(C)OC)C1(CN)CCCC1. The Balaban J connectivity index is 2.58. The number of ether oxygens (including phenoxy) is 1. The first-order valence-electron chi connectivity index (χ1n) is 7.00. The highest BCUT2D eigenvalue weighted by Crippen LogP contribution is 2.35. The maximum atomic E-state index is 6.04. The van der Waals surface area contributed by atoms with Crippen molar-refractivity contribution < 1.29 is 4.74 Å². The second-order valence-electron chi connectivity index (χ2n) is 5.93. The van der Waals surface area contributed by atoms with Crippen molar-refractivity contribution in [2.24, 2.45) is 5.73 Å². The van der Waals surface area contributed by atoms with Gasteiger partial charge in [0.05, 0.1) is 5.60 Å². The van der Waals surface area contributed by atoms with E-state index in [1.807, 2.05) is 0 Å². The van der Waals surface area contributed by atoms with E-state index in [1.165, 1.54) is 25.7 Å². The van der Waals surface area contributed by atoms with Crippen LogP contribution in [-0.4, -0.2) is 42.8 Å². The first-order chi connectivity index (χ1) is 7.99. The van der Waals surface area contributed by atoms with Crippen LogP contribution in [0.1, 0.15) is 52.9 Å². The van der Waals surface area contributed by atoms with Gasteiger partial charge in [0, 0.05) is 25.7 Å². The van der Waals surface area contributed by atoms with Crippen molar-refractivity contribution in [3.63, 3.8) is 0 Å². The third-order valence-corrected chi connectivity index (χ3v) is 4.50. The summed E-state index contributed by atoms with van der Waals surface area (Å²) >= 11 is 0. The fraction of sp³-hybridized carbons (Fsp3) is 1.00. The van der Waals surface area contributed by atoms with Gasteiger partial charge in [-0.3, -0.25) is 4.90 Å². The van der Waals surface area contributed by atoms with Gasteiger partial charge in [-0.05, 0) is 39.7 Å². The van der Waals surface area contributed by atoms with Crippen LogP contribution in [0.4, 0.5) is 0 Å². The van der Waals surface area contributed by atoms with Crippen molar-refractivity contribution in [3.05, 3.63) is 0 Å². The summed E-state index contributed by atoms with van der Waals surface area (Å²) < 4.78 is 5.50. The molecule has 3 nitrogen and oxygen atoms in total. The van der Waals surface area contributed by atoms with Gasteiger partial charge in [0.15, 0.2) is 0 Å². The summed E-state index contributed by atoms with van der Waals surface area (Å²) in [4.78, 5) is 2.58. The molecule has 102 valence electrons. The standard InChI is InChI=1S/C14H30N2O/c1-5-16(11-10-13(2,3)17-4)14(12-15)8-6-7-9-14/h5-12,15H2,1-4H3. The molecule has 2 N–H and O–H groups in total. The summed E-state index contributed by atoms with van der Waals surface area (Å²) in [7, 11) is 1.80. The van der Waals surface area contributed by atoms with Crippen LogP contribution >= 0.6 is 0 Å². The fourth-order valence-corrected chi connectivity index (χ4v) is 2.92. The third kappa shape index (κ3) is 3.67. The molecule has 0 aliphatic heterocycles. The predicted octanol–water partition coefficient (Wildman–Crippen LogP) is 2.39. The van der Waals surface area contributed by atoms with Crippen LogP contribution in [0.5, 0.6) is 0 Å². The molecule has 0 heterocycles. The number of nitrogens with two attached hydrogens (primary N) is 1. The molecule has 0 saturated heterocycles. The second-order valence-corrected chi connectivity index (χ2v) is 5.93. The molecule has 0 unspecified atom stereocenters. The normalized spacial score (nSPS) is 20.1. The van der Waals surface area contributed by atoms with Crippen molar-refractivity contribution in [1.29, 1.82) is 0 Å². The zero-order valence-electron chi connectivity index (χ0n) is 12.1. The Morgan fingerprint density at radius 1 is 1.29 bits per heavy atom. The summed E-state index contributed by atoms with van der Waals surface area (Å²) in [6, 6.07) is 0. The minimum absolute atomic E-state index is 0.0260. The quantitative estimate of drug-likeness (QED) is 0.745. The van der Waals surface area contributed by atoms with E-state index in [9.17, 15) is 0 Å². The van der Waals surface area contributed by atoms with E-state index in [4.69, 9.17) is 10.5 Å². The Morgan fingerprint density at radius 2 is 1.88 bits per heavy atom. The first kappa shape index (κ1) is 14.9. The highest BCUT2D eigenvalue weighted by molar-refractivity contribution is 4.96. The average molecular weight is 242 g/mol. The van der Waals surface area contributed by atoms with Crippen molar-refractivity contribution >= 4 is 0 Å². The predicted molar refractivity (Wildman–Crippen MR) is 73.2 cm³/mol. The van der Waals surface area contributed by atoms with Gasteiger partial charge in [0.1, 0.15) is 0 Å². The molecular formula is C14H30N2O. The molecule has 1 saturated carbocycles. The van der Waals surface area contributed by atoms with Crippen molar-refractivity contribution in [2.45, 2.75) is 64.0 Å². The molecule has 1 aliphatic rings. The minimum atomic E-state index is -0.0260. The Kier molecular flexibility index (Phi) is 5.42. The second kappa shape index (κ2) is 6.17. The van der Waals surface area contributed by atoms with E-state index in [2.05, 4.69) is 25.7 Å². The Morgan fingerprint density at radius 3 is 2.29 bits per heavy atom. The van der Waals surface area contributed by atoms with Crippen LogP contribution in [0.2, 0.25) is 0 Å².